The van der Waals surface area contributed by atoms with Crippen LogP contribution in [0.15, 0.2) is 60.7 Å². The highest BCUT2D eigenvalue weighted by Gasteiger charge is 2.31. The number of likely N-dealkylation sites (N-methyl/N-ethyl adjacent to an activating group) is 1. The molecule has 0 spiro atoms. The number of benzene rings is 2. The number of para-hydroxylation sites is 1. The molecule has 132 valence electrons. The smallest absolute Gasteiger partial charge is 0.242 e. The summed E-state index contributed by atoms with van der Waals surface area (Å²) in [6.45, 7) is 1.15. The Morgan fingerprint density at radius 2 is 1.80 bits per heavy atom. The van der Waals surface area contributed by atoms with Gasteiger partial charge in [-0.2, -0.15) is 0 Å². The van der Waals surface area contributed by atoms with Crippen LogP contribution in [0.4, 0.5) is 5.69 Å². The largest absolute Gasteiger partial charge is 0.388 e. The molecular formula is C21H26N2O2. The average Bonchev–Trinajstić information content (AvgIpc) is 3.11. The van der Waals surface area contributed by atoms with E-state index in [0.717, 1.165) is 30.6 Å². The van der Waals surface area contributed by atoms with E-state index in [0.29, 0.717) is 13.0 Å². The maximum atomic E-state index is 12.8. The number of hydrogen-bond donors (Lipinski definition) is 1. The van der Waals surface area contributed by atoms with Gasteiger partial charge in [-0.1, -0.05) is 48.5 Å². The lowest BCUT2D eigenvalue weighted by molar-refractivity contribution is -0.130. The molecule has 0 bridgehead atoms. The molecule has 2 unspecified atom stereocenters. The highest BCUT2D eigenvalue weighted by atomic mass is 16.3. The van der Waals surface area contributed by atoms with Crippen molar-refractivity contribution in [2.45, 2.75) is 31.4 Å². The summed E-state index contributed by atoms with van der Waals surface area (Å²) >= 11 is 0. The second-order valence-electron chi connectivity index (χ2n) is 6.74. The van der Waals surface area contributed by atoms with Gasteiger partial charge in [-0.3, -0.25) is 4.79 Å². The Kier molecular flexibility index (Phi) is 5.71. The summed E-state index contributed by atoms with van der Waals surface area (Å²) in [5.74, 6) is 0.133. The second kappa shape index (κ2) is 8.17. The molecule has 1 fully saturated rings. The van der Waals surface area contributed by atoms with Crippen LogP contribution >= 0.6 is 0 Å². The summed E-state index contributed by atoms with van der Waals surface area (Å²) in [4.78, 5) is 16.7. The lowest BCUT2D eigenvalue weighted by atomic mass is 10.0. The Labute approximate surface area is 149 Å². The zero-order chi connectivity index (χ0) is 17.6. The summed E-state index contributed by atoms with van der Waals surface area (Å²) in [5.41, 5.74) is 1.96. The van der Waals surface area contributed by atoms with Gasteiger partial charge in [-0.05, 0) is 37.0 Å². The number of likely N-dealkylation sites (tertiary alicyclic amines) is 1. The topological polar surface area (TPSA) is 43.8 Å². The van der Waals surface area contributed by atoms with Gasteiger partial charge in [0, 0.05) is 25.3 Å². The molecule has 1 aliphatic heterocycles. The number of anilines is 1. The van der Waals surface area contributed by atoms with Crippen molar-refractivity contribution in [2.75, 3.05) is 25.0 Å². The fourth-order valence-corrected chi connectivity index (χ4v) is 3.55. The van der Waals surface area contributed by atoms with E-state index in [1.54, 1.807) is 0 Å². The van der Waals surface area contributed by atoms with Crippen molar-refractivity contribution in [3.8, 4) is 0 Å². The van der Waals surface area contributed by atoms with Crippen molar-refractivity contribution in [3.05, 3.63) is 66.2 Å². The maximum Gasteiger partial charge on any atom is 0.242 e. The molecule has 1 aliphatic rings. The molecule has 3 rings (SSSR count). The third kappa shape index (κ3) is 4.40. The van der Waals surface area contributed by atoms with Crippen molar-refractivity contribution in [1.82, 2.24) is 4.90 Å². The highest BCUT2D eigenvalue weighted by Crippen LogP contribution is 2.27. The van der Waals surface area contributed by atoms with E-state index >= 15 is 0 Å². The predicted octanol–water partition coefficient (Wildman–Crippen LogP) is 3.24. The molecule has 0 radical (unpaired) electrons. The van der Waals surface area contributed by atoms with Crippen LogP contribution in [0, 0.1) is 0 Å². The summed E-state index contributed by atoms with van der Waals surface area (Å²) < 4.78 is 0. The summed E-state index contributed by atoms with van der Waals surface area (Å²) in [7, 11) is 1.94. The van der Waals surface area contributed by atoms with E-state index < -0.39 is 6.10 Å². The predicted molar refractivity (Wildman–Crippen MR) is 100 cm³/mol. The fraction of sp³-hybridized carbons (Fsp3) is 0.381. The Hall–Kier alpha value is -2.33. The third-order valence-electron chi connectivity index (χ3n) is 4.95. The van der Waals surface area contributed by atoms with Crippen LogP contribution in [0.2, 0.25) is 0 Å². The second-order valence-corrected chi connectivity index (χ2v) is 6.74. The van der Waals surface area contributed by atoms with E-state index in [4.69, 9.17) is 0 Å². The lowest BCUT2D eigenvalue weighted by Crippen LogP contribution is -2.42. The van der Waals surface area contributed by atoms with Gasteiger partial charge in [0.2, 0.25) is 5.91 Å². The zero-order valence-electron chi connectivity index (χ0n) is 14.7. The Morgan fingerprint density at radius 1 is 1.16 bits per heavy atom. The van der Waals surface area contributed by atoms with Crippen molar-refractivity contribution in [2.24, 2.45) is 0 Å². The highest BCUT2D eigenvalue weighted by molar-refractivity contribution is 5.82. The minimum Gasteiger partial charge on any atom is -0.388 e. The van der Waals surface area contributed by atoms with Crippen molar-refractivity contribution < 1.29 is 9.90 Å². The molecule has 0 aromatic heterocycles. The first-order valence-electron chi connectivity index (χ1n) is 8.94. The number of carbonyl (C=O) groups is 1. The molecule has 4 heteroatoms. The molecule has 1 N–H and O–H groups in total. The molecular weight excluding hydrogens is 312 g/mol. The van der Waals surface area contributed by atoms with Crippen LogP contribution in [-0.2, 0) is 4.79 Å². The number of carbonyl (C=O) groups excluding carboxylic acids is 1. The standard InChI is InChI=1S/C21H26N2O2/c1-22(18-11-6-3-7-12-18)16-21(25)23-14-8-13-19(23)15-20(24)17-9-4-2-5-10-17/h2-7,9-12,19-20,24H,8,13-16H2,1H3. The van der Waals surface area contributed by atoms with Gasteiger partial charge < -0.3 is 14.9 Å². The Morgan fingerprint density at radius 3 is 2.48 bits per heavy atom. The van der Waals surface area contributed by atoms with Crippen LogP contribution in [0.25, 0.3) is 0 Å². The summed E-state index contributed by atoms with van der Waals surface area (Å²) in [6, 6.07) is 19.8. The molecule has 2 atom stereocenters. The number of aliphatic hydroxyl groups excluding tert-OH is 1. The number of hydrogen-bond acceptors (Lipinski definition) is 3. The van der Waals surface area contributed by atoms with E-state index in [1.165, 1.54) is 0 Å². The zero-order valence-corrected chi connectivity index (χ0v) is 14.7. The van der Waals surface area contributed by atoms with Gasteiger partial charge in [0.25, 0.3) is 0 Å². The SMILES string of the molecule is CN(CC(=O)N1CCCC1CC(O)c1ccccc1)c1ccccc1. The van der Waals surface area contributed by atoms with Crippen molar-refractivity contribution in [1.29, 1.82) is 0 Å². The van der Waals surface area contributed by atoms with Gasteiger partial charge in [0.05, 0.1) is 12.6 Å². The van der Waals surface area contributed by atoms with E-state index in [2.05, 4.69) is 0 Å². The van der Waals surface area contributed by atoms with Crippen LogP contribution < -0.4 is 4.90 Å². The van der Waals surface area contributed by atoms with E-state index in [9.17, 15) is 9.90 Å². The van der Waals surface area contributed by atoms with Crippen LogP contribution in [0.3, 0.4) is 0 Å². The van der Waals surface area contributed by atoms with E-state index in [1.807, 2.05) is 77.5 Å². The monoisotopic (exact) mass is 338 g/mol. The Bertz CT molecular complexity index is 675. The van der Waals surface area contributed by atoms with Gasteiger partial charge >= 0.3 is 0 Å². The molecule has 1 heterocycles. The van der Waals surface area contributed by atoms with Crippen molar-refractivity contribution in [3.63, 3.8) is 0 Å². The maximum absolute atomic E-state index is 12.8. The van der Waals surface area contributed by atoms with Crippen LogP contribution in [0.1, 0.15) is 30.9 Å². The first-order valence-corrected chi connectivity index (χ1v) is 8.94. The number of nitrogens with zero attached hydrogens (tertiary/aromatic N) is 2. The molecule has 2 aromatic rings. The Balaban J connectivity index is 1.60. The van der Waals surface area contributed by atoms with Crippen LogP contribution in [-0.4, -0.2) is 42.1 Å². The van der Waals surface area contributed by atoms with Gasteiger partial charge in [0.1, 0.15) is 0 Å². The van der Waals surface area contributed by atoms with Gasteiger partial charge in [-0.15, -0.1) is 0 Å². The number of rotatable bonds is 6. The average molecular weight is 338 g/mol. The molecule has 2 aromatic carbocycles. The molecule has 4 nitrogen and oxygen atoms in total. The summed E-state index contributed by atoms with van der Waals surface area (Å²) in [6.07, 6.45) is 2.05. The first kappa shape index (κ1) is 17.5. The molecule has 25 heavy (non-hydrogen) atoms. The minimum absolute atomic E-state index is 0.117. The first-order chi connectivity index (χ1) is 12.1. The third-order valence-corrected chi connectivity index (χ3v) is 4.95. The van der Waals surface area contributed by atoms with Crippen molar-refractivity contribution >= 4 is 11.6 Å². The fourth-order valence-electron chi connectivity index (χ4n) is 3.55. The molecule has 0 aliphatic carbocycles. The molecule has 1 saturated heterocycles. The van der Waals surface area contributed by atoms with E-state index in [-0.39, 0.29) is 11.9 Å². The number of aliphatic hydroxyl groups is 1. The van der Waals surface area contributed by atoms with Gasteiger partial charge in [0.15, 0.2) is 0 Å². The molecule has 0 saturated carbocycles. The quantitative estimate of drug-likeness (QED) is 0.879. The normalized spacial score (nSPS) is 18.2. The molecule has 1 amide bonds. The van der Waals surface area contributed by atoms with Crippen LogP contribution in [0.5, 0.6) is 0 Å². The van der Waals surface area contributed by atoms with Gasteiger partial charge in [-0.25, -0.2) is 0 Å². The number of amides is 1. The lowest BCUT2D eigenvalue weighted by Gasteiger charge is -2.29. The summed E-state index contributed by atoms with van der Waals surface area (Å²) in [5, 5.41) is 10.5. The minimum atomic E-state index is -0.522.